The predicted molar refractivity (Wildman–Crippen MR) is 117 cm³/mol. The third-order valence-corrected chi connectivity index (χ3v) is 5.02. The van der Waals surface area contributed by atoms with Crippen molar-refractivity contribution in [2.24, 2.45) is 0 Å². The lowest BCUT2D eigenvalue weighted by molar-refractivity contribution is 0.0848. The molecule has 0 amide bonds. The van der Waals surface area contributed by atoms with Crippen molar-refractivity contribution in [1.29, 1.82) is 0 Å². The summed E-state index contributed by atoms with van der Waals surface area (Å²) in [4.78, 5) is 0. The van der Waals surface area contributed by atoms with Gasteiger partial charge in [-0.3, -0.25) is 0 Å². The molecule has 2 N–H and O–H groups in total. The molecule has 0 spiro atoms. The van der Waals surface area contributed by atoms with E-state index in [0.717, 1.165) is 11.5 Å². The minimum absolute atomic E-state index is 0.138. The van der Waals surface area contributed by atoms with Gasteiger partial charge in [0.05, 0.1) is 18.0 Å². The molecule has 2 unspecified atom stereocenters. The zero-order valence-corrected chi connectivity index (χ0v) is 17.7. The molecule has 0 fully saturated rings. The van der Waals surface area contributed by atoms with Crippen LogP contribution in [0.3, 0.4) is 0 Å². The van der Waals surface area contributed by atoms with E-state index in [2.05, 4.69) is 39.0 Å². The monoisotopic (exact) mass is 372 g/mol. The maximum atomic E-state index is 9.60. The molecule has 0 saturated carbocycles. The van der Waals surface area contributed by atoms with Crippen LogP contribution in [0.2, 0.25) is 12.6 Å². The molecule has 1 aromatic carbocycles. The van der Waals surface area contributed by atoms with Crippen LogP contribution in [-0.2, 0) is 10.2 Å². The van der Waals surface area contributed by atoms with Crippen LogP contribution in [-0.4, -0.2) is 51.3 Å². The van der Waals surface area contributed by atoms with Crippen molar-refractivity contribution in [3.05, 3.63) is 53.3 Å². The number of aliphatic hydroxyl groups is 2. The van der Waals surface area contributed by atoms with Gasteiger partial charge < -0.3 is 19.7 Å². The van der Waals surface area contributed by atoms with Gasteiger partial charge in [-0.15, -0.1) is 0 Å². The highest BCUT2D eigenvalue weighted by Crippen LogP contribution is 2.32. The minimum atomic E-state index is -0.429. The summed E-state index contributed by atoms with van der Waals surface area (Å²) in [6, 6.07) is 8.03. The van der Waals surface area contributed by atoms with Crippen molar-refractivity contribution < 1.29 is 19.7 Å². The average molecular weight is 372 g/mol. The Balaban J connectivity index is 2.76. The second-order valence-electron chi connectivity index (χ2n) is 7.52. The molecular formula is C21H34B2O4. The van der Waals surface area contributed by atoms with Gasteiger partial charge in [-0.1, -0.05) is 50.3 Å². The summed E-state index contributed by atoms with van der Waals surface area (Å²) in [6.45, 7) is 9.00. The lowest BCUT2D eigenvalue weighted by atomic mass is 9.78. The fourth-order valence-corrected chi connectivity index (χ4v) is 2.35. The Bertz CT molecular complexity index is 624. The molecule has 0 aliphatic carbocycles. The van der Waals surface area contributed by atoms with Gasteiger partial charge in [0.15, 0.2) is 0 Å². The van der Waals surface area contributed by atoms with Crippen LogP contribution in [0.25, 0.3) is 0 Å². The molecule has 0 heterocycles. The van der Waals surface area contributed by atoms with Gasteiger partial charge in [-0.05, 0) is 37.6 Å². The lowest BCUT2D eigenvalue weighted by Crippen LogP contribution is -2.19. The molecule has 0 aliphatic heterocycles. The number of hydrogen-bond acceptors (Lipinski definition) is 4. The van der Waals surface area contributed by atoms with E-state index in [-0.39, 0.29) is 5.41 Å². The third-order valence-electron chi connectivity index (χ3n) is 5.02. The van der Waals surface area contributed by atoms with Crippen molar-refractivity contribution in [3.63, 3.8) is 0 Å². The normalized spacial score (nSPS) is 15.3. The summed E-state index contributed by atoms with van der Waals surface area (Å²) in [5.74, 6) is 1.55. The van der Waals surface area contributed by atoms with Crippen LogP contribution in [0.4, 0.5) is 0 Å². The Morgan fingerprint density at radius 2 is 1.56 bits per heavy atom. The van der Waals surface area contributed by atoms with E-state index < -0.39 is 12.2 Å². The fourth-order valence-electron chi connectivity index (χ4n) is 2.35. The molecule has 0 aliphatic rings. The first-order valence-corrected chi connectivity index (χ1v) is 9.78. The van der Waals surface area contributed by atoms with E-state index in [1.54, 1.807) is 0 Å². The van der Waals surface area contributed by atoms with Crippen LogP contribution in [0, 0.1) is 0 Å². The van der Waals surface area contributed by atoms with E-state index >= 15 is 0 Å². The molecule has 1 rings (SSSR count). The van der Waals surface area contributed by atoms with Gasteiger partial charge in [0, 0.05) is 5.41 Å². The molecule has 1 aromatic rings. The summed E-state index contributed by atoms with van der Waals surface area (Å²) in [5, 5.41) is 19.2. The van der Waals surface area contributed by atoms with Crippen molar-refractivity contribution >= 4 is 15.7 Å². The van der Waals surface area contributed by atoms with E-state index in [1.807, 2.05) is 40.8 Å². The van der Waals surface area contributed by atoms with Gasteiger partial charge in [0.2, 0.25) is 0 Å². The molecule has 0 saturated heterocycles. The largest absolute Gasteiger partial charge is 0.496 e. The Labute approximate surface area is 166 Å². The van der Waals surface area contributed by atoms with Crippen molar-refractivity contribution in [3.8, 4) is 5.75 Å². The van der Waals surface area contributed by atoms with E-state index in [9.17, 15) is 10.2 Å². The summed E-state index contributed by atoms with van der Waals surface area (Å²) < 4.78 is 11.2. The van der Waals surface area contributed by atoms with E-state index in [4.69, 9.17) is 9.47 Å². The molecule has 4 nitrogen and oxygen atoms in total. The SMILES string of the molecule is BCC(O)CO/C(C)=C/C=C(\C)C(C)(C)c1ccc(OCC(O)CB)cc1. The van der Waals surface area contributed by atoms with Gasteiger partial charge in [-0.25, -0.2) is 0 Å². The molecule has 0 aromatic heterocycles. The molecule has 27 heavy (non-hydrogen) atoms. The zero-order chi connectivity index (χ0) is 20.4. The second kappa shape index (κ2) is 11.3. The highest BCUT2D eigenvalue weighted by Gasteiger charge is 2.22. The Morgan fingerprint density at radius 3 is 2.11 bits per heavy atom. The predicted octanol–water partition coefficient (Wildman–Crippen LogP) is 2.03. The van der Waals surface area contributed by atoms with Gasteiger partial charge in [-0.2, -0.15) is 0 Å². The summed E-state index contributed by atoms with van der Waals surface area (Å²) in [6.07, 6.45) is 4.53. The van der Waals surface area contributed by atoms with Crippen LogP contribution in [0.5, 0.6) is 5.75 Å². The van der Waals surface area contributed by atoms with Gasteiger partial charge in [0.1, 0.15) is 34.7 Å². The van der Waals surface area contributed by atoms with Crippen molar-refractivity contribution in [1.82, 2.24) is 0 Å². The van der Waals surface area contributed by atoms with E-state index in [0.29, 0.717) is 25.9 Å². The molecular weight excluding hydrogens is 338 g/mol. The Morgan fingerprint density at radius 1 is 1.00 bits per heavy atom. The molecule has 6 heteroatoms. The van der Waals surface area contributed by atoms with Gasteiger partial charge in [0.25, 0.3) is 0 Å². The molecule has 148 valence electrons. The van der Waals surface area contributed by atoms with Crippen LogP contribution in [0.1, 0.15) is 33.3 Å². The Hall–Kier alpha value is -1.65. The lowest BCUT2D eigenvalue weighted by Gasteiger charge is -2.27. The number of benzene rings is 1. The standard InChI is InChI=1S/C21H34B2O4/c1-15(5-6-16(2)26-13-18(24)11-22)21(3,4)17-7-9-20(10-8-17)27-14-19(25)12-23/h5-10,18-19,24-25H,11-14,22-23H2,1-4H3/b15-5+,16-6+. The maximum absolute atomic E-state index is 9.60. The third kappa shape index (κ3) is 7.86. The number of allylic oxidation sites excluding steroid dienone is 4. The quantitative estimate of drug-likeness (QED) is 0.355. The molecule has 2 atom stereocenters. The first-order chi connectivity index (χ1) is 12.7. The maximum Gasteiger partial charge on any atom is 0.119 e. The first kappa shape index (κ1) is 23.4. The number of ether oxygens (including phenoxy) is 2. The zero-order valence-electron chi connectivity index (χ0n) is 17.7. The number of hydrogen-bond donors (Lipinski definition) is 2. The van der Waals surface area contributed by atoms with E-state index in [1.165, 1.54) is 11.1 Å². The first-order valence-electron chi connectivity index (χ1n) is 9.78. The highest BCUT2D eigenvalue weighted by atomic mass is 16.5. The molecule has 0 bridgehead atoms. The fraction of sp³-hybridized carbons (Fsp3) is 0.524. The Kier molecular flexibility index (Phi) is 9.75. The smallest absolute Gasteiger partial charge is 0.119 e. The summed E-state index contributed by atoms with van der Waals surface area (Å²) in [7, 11) is 3.86. The number of aliphatic hydroxyl groups excluding tert-OH is 2. The molecule has 0 radical (unpaired) electrons. The van der Waals surface area contributed by atoms with Gasteiger partial charge >= 0.3 is 0 Å². The topological polar surface area (TPSA) is 58.9 Å². The average Bonchev–Trinajstić information content (AvgIpc) is 2.68. The van der Waals surface area contributed by atoms with Crippen LogP contribution >= 0.6 is 0 Å². The van der Waals surface area contributed by atoms with Crippen LogP contribution < -0.4 is 4.74 Å². The highest BCUT2D eigenvalue weighted by molar-refractivity contribution is 6.09. The van der Waals surface area contributed by atoms with Crippen LogP contribution in [0.15, 0.2) is 47.7 Å². The van der Waals surface area contributed by atoms with Crippen molar-refractivity contribution in [2.45, 2.75) is 58.0 Å². The minimum Gasteiger partial charge on any atom is -0.496 e. The van der Waals surface area contributed by atoms with Crippen molar-refractivity contribution in [2.75, 3.05) is 13.2 Å². The number of rotatable bonds is 11. The second-order valence-corrected chi connectivity index (χ2v) is 7.52. The summed E-state index contributed by atoms with van der Waals surface area (Å²) in [5.41, 5.74) is 2.26. The summed E-state index contributed by atoms with van der Waals surface area (Å²) >= 11 is 0.